The zero-order valence-corrected chi connectivity index (χ0v) is 20.6. The van der Waals surface area contributed by atoms with Crippen LogP contribution in [0.2, 0.25) is 0 Å². The van der Waals surface area contributed by atoms with Crippen molar-refractivity contribution in [2.24, 2.45) is 5.92 Å². The molecule has 3 aliphatic rings. The summed E-state index contributed by atoms with van der Waals surface area (Å²) in [4.78, 5) is 42.6. The molecule has 3 aliphatic carbocycles. The van der Waals surface area contributed by atoms with Crippen LogP contribution in [-0.4, -0.2) is 17.3 Å². The van der Waals surface area contributed by atoms with Gasteiger partial charge in [-0.15, -0.1) is 22.7 Å². The molecule has 0 N–H and O–H groups in total. The van der Waals surface area contributed by atoms with Gasteiger partial charge in [0.15, 0.2) is 17.3 Å². The summed E-state index contributed by atoms with van der Waals surface area (Å²) in [5, 5.41) is 0. The highest BCUT2D eigenvalue weighted by Crippen LogP contribution is 2.40. The van der Waals surface area contributed by atoms with E-state index in [1.165, 1.54) is 0 Å². The first-order valence-electron chi connectivity index (χ1n) is 11.4. The van der Waals surface area contributed by atoms with E-state index in [1.807, 2.05) is 67.6 Å². The lowest BCUT2D eigenvalue weighted by atomic mass is 9.89. The lowest BCUT2D eigenvalue weighted by molar-refractivity contribution is -0.115. The van der Waals surface area contributed by atoms with Crippen LogP contribution in [0.15, 0.2) is 89.6 Å². The van der Waals surface area contributed by atoms with Crippen LogP contribution >= 0.6 is 22.7 Å². The maximum Gasteiger partial charge on any atom is 0.197 e. The Morgan fingerprint density at radius 3 is 2.06 bits per heavy atom. The van der Waals surface area contributed by atoms with E-state index >= 15 is 0 Å². The fourth-order valence-electron chi connectivity index (χ4n) is 4.87. The van der Waals surface area contributed by atoms with Crippen LogP contribution in [0.25, 0.3) is 27.5 Å². The third-order valence-electron chi connectivity index (χ3n) is 6.67. The molecule has 0 bridgehead atoms. The number of allylic oxidation sites excluding steroid dienone is 7. The van der Waals surface area contributed by atoms with Gasteiger partial charge in [0.25, 0.3) is 0 Å². The van der Waals surface area contributed by atoms with Crippen molar-refractivity contribution < 1.29 is 14.4 Å². The van der Waals surface area contributed by atoms with E-state index in [9.17, 15) is 14.4 Å². The molecule has 0 saturated heterocycles. The van der Waals surface area contributed by atoms with Gasteiger partial charge in [-0.05, 0) is 59.9 Å². The Labute approximate surface area is 211 Å². The number of ketones is 3. The van der Waals surface area contributed by atoms with Gasteiger partial charge in [0, 0.05) is 41.8 Å². The number of thiophene rings is 2. The van der Waals surface area contributed by atoms with E-state index in [0.717, 1.165) is 37.1 Å². The van der Waals surface area contributed by atoms with Gasteiger partial charge in [-0.25, -0.2) is 0 Å². The molecule has 6 rings (SSSR count). The first-order valence-corrected chi connectivity index (χ1v) is 13.0. The fourth-order valence-corrected chi connectivity index (χ4v) is 6.86. The Hall–Kier alpha value is -3.67. The Morgan fingerprint density at radius 2 is 1.43 bits per heavy atom. The molecule has 0 fully saturated rings. The van der Waals surface area contributed by atoms with Gasteiger partial charge in [0.1, 0.15) is 0 Å². The lowest BCUT2D eigenvalue weighted by Gasteiger charge is -2.13. The molecule has 0 spiro atoms. The van der Waals surface area contributed by atoms with E-state index in [0.29, 0.717) is 22.3 Å². The van der Waals surface area contributed by atoms with Crippen LogP contribution in [-0.2, 0) is 9.59 Å². The minimum absolute atomic E-state index is 0.0111. The van der Waals surface area contributed by atoms with Gasteiger partial charge in [-0.3, -0.25) is 14.4 Å². The molecule has 0 saturated carbocycles. The van der Waals surface area contributed by atoms with E-state index in [2.05, 4.69) is 6.58 Å². The number of Topliss-reactive ketones (excluding diaryl/α,β-unsaturated/α-hetero) is 3. The average Bonchev–Trinajstić information content (AvgIpc) is 3.62. The maximum atomic E-state index is 12.9. The summed E-state index contributed by atoms with van der Waals surface area (Å²) in [5.41, 5.74) is 4.46. The number of rotatable bonds is 3. The van der Waals surface area contributed by atoms with Gasteiger partial charge in [0.05, 0.1) is 5.57 Å². The van der Waals surface area contributed by atoms with Crippen molar-refractivity contribution in [3.63, 3.8) is 0 Å². The fraction of sp³-hybridized carbons (Fsp3) is 0.100. The second-order valence-electron chi connectivity index (χ2n) is 8.90. The monoisotopic (exact) mass is 492 g/mol. The summed E-state index contributed by atoms with van der Waals surface area (Å²) in [7, 11) is 0. The highest BCUT2D eigenvalue weighted by Gasteiger charge is 2.38. The van der Waals surface area contributed by atoms with E-state index in [-0.39, 0.29) is 28.8 Å². The normalized spacial score (nSPS) is 21.6. The molecule has 2 aromatic heterocycles. The molecule has 1 aromatic carbocycles. The summed E-state index contributed by atoms with van der Waals surface area (Å²) >= 11 is 3.14. The number of fused-ring (bicyclic) bond motifs is 1. The molecule has 35 heavy (non-hydrogen) atoms. The van der Waals surface area contributed by atoms with Crippen molar-refractivity contribution in [3.8, 4) is 9.75 Å². The Kier molecular flexibility index (Phi) is 5.13. The first-order chi connectivity index (χ1) is 16.9. The van der Waals surface area contributed by atoms with Crippen molar-refractivity contribution in [1.82, 2.24) is 0 Å². The molecule has 5 heteroatoms. The topological polar surface area (TPSA) is 51.2 Å². The maximum absolute atomic E-state index is 12.9. The van der Waals surface area contributed by atoms with E-state index in [1.54, 1.807) is 34.8 Å². The van der Waals surface area contributed by atoms with Crippen LogP contribution in [0.1, 0.15) is 39.0 Å². The van der Waals surface area contributed by atoms with Crippen molar-refractivity contribution >= 4 is 57.7 Å². The van der Waals surface area contributed by atoms with Crippen molar-refractivity contribution in [2.45, 2.75) is 13.3 Å². The van der Waals surface area contributed by atoms with E-state index < -0.39 is 0 Å². The molecule has 170 valence electrons. The van der Waals surface area contributed by atoms with Gasteiger partial charge in [0.2, 0.25) is 0 Å². The molecule has 0 radical (unpaired) electrons. The molecule has 3 aromatic rings. The van der Waals surface area contributed by atoms with Crippen LogP contribution in [0, 0.1) is 5.92 Å². The van der Waals surface area contributed by atoms with Gasteiger partial charge in [-0.1, -0.05) is 49.9 Å². The molecule has 2 heterocycles. The third-order valence-corrected chi connectivity index (χ3v) is 8.93. The highest BCUT2D eigenvalue weighted by atomic mass is 32.1. The standard InChI is InChI=1S/C30H20O3S2/c1-16-6-5-9-22-27(16)30(33)24(29(22)32)15-19-11-13-26(35-19)25-12-10-18(34-25)14-23-17(2)20-7-3-4-8-21(20)28(23)31/h3-5,7-16H,2,6H2,1H3/b23-14-,24-15-. The summed E-state index contributed by atoms with van der Waals surface area (Å²) in [6.45, 7) is 6.13. The van der Waals surface area contributed by atoms with E-state index in [4.69, 9.17) is 0 Å². The Morgan fingerprint density at radius 1 is 0.800 bits per heavy atom. The number of benzene rings is 1. The zero-order valence-electron chi connectivity index (χ0n) is 19.0. The van der Waals surface area contributed by atoms with Crippen LogP contribution in [0.5, 0.6) is 0 Å². The molecule has 1 atom stereocenters. The smallest absolute Gasteiger partial charge is 0.197 e. The average molecular weight is 493 g/mol. The third kappa shape index (κ3) is 3.51. The number of hydrogen-bond acceptors (Lipinski definition) is 5. The predicted octanol–water partition coefficient (Wildman–Crippen LogP) is 7.20. The first kappa shape index (κ1) is 21.8. The summed E-state index contributed by atoms with van der Waals surface area (Å²) in [6, 6.07) is 15.6. The van der Waals surface area contributed by atoms with Gasteiger partial charge >= 0.3 is 0 Å². The zero-order chi connectivity index (χ0) is 24.3. The SMILES string of the molecule is C=C1/C(=C/c2ccc(-c3ccc(/C=C4/C(=O)C5=C(C4=O)C(C)CC=C5)s3)s2)C(=O)c2ccccc21. The van der Waals surface area contributed by atoms with Crippen LogP contribution < -0.4 is 0 Å². The summed E-state index contributed by atoms with van der Waals surface area (Å²) in [6.07, 6.45) is 8.19. The Balaban J connectivity index is 1.26. The highest BCUT2D eigenvalue weighted by molar-refractivity contribution is 7.23. The van der Waals surface area contributed by atoms with Crippen molar-refractivity contribution in [2.75, 3.05) is 0 Å². The molecule has 0 amide bonds. The number of carbonyl (C=O) groups excluding carboxylic acids is 3. The van der Waals surface area contributed by atoms with Gasteiger partial charge < -0.3 is 0 Å². The number of hydrogen-bond donors (Lipinski definition) is 0. The van der Waals surface area contributed by atoms with Gasteiger partial charge in [-0.2, -0.15) is 0 Å². The van der Waals surface area contributed by atoms with Crippen LogP contribution in [0.4, 0.5) is 0 Å². The second-order valence-corrected chi connectivity index (χ2v) is 11.1. The minimum atomic E-state index is -0.171. The number of carbonyl (C=O) groups is 3. The summed E-state index contributed by atoms with van der Waals surface area (Å²) in [5.74, 6) is -0.220. The second kappa shape index (κ2) is 8.22. The molecule has 3 nitrogen and oxygen atoms in total. The lowest BCUT2D eigenvalue weighted by Crippen LogP contribution is -2.09. The largest absolute Gasteiger partial charge is 0.289 e. The van der Waals surface area contributed by atoms with Crippen molar-refractivity contribution in [3.05, 3.63) is 110 Å². The molecular weight excluding hydrogens is 472 g/mol. The van der Waals surface area contributed by atoms with Crippen LogP contribution in [0.3, 0.4) is 0 Å². The predicted molar refractivity (Wildman–Crippen MR) is 143 cm³/mol. The summed E-state index contributed by atoms with van der Waals surface area (Å²) < 4.78 is 0. The molecular formula is C30H20O3S2. The molecule has 0 aliphatic heterocycles. The van der Waals surface area contributed by atoms with Crippen molar-refractivity contribution in [1.29, 1.82) is 0 Å². The minimum Gasteiger partial charge on any atom is -0.289 e. The Bertz CT molecular complexity index is 1560. The molecule has 1 unspecified atom stereocenters. The quantitative estimate of drug-likeness (QED) is 0.287.